The number of allylic oxidation sites excluding steroid dienone is 2. The summed E-state index contributed by atoms with van der Waals surface area (Å²) in [6.45, 7) is 6.94. The van der Waals surface area contributed by atoms with Gasteiger partial charge in [0.2, 0.25) is 11.2 Å². The predicted molar refractivity (Wildman–Crippen MR) is 77.3 cm³/mol. The van der Waals surface area contributed by atoms with Crippen molar-refractivity contribution in [3.8, 4) is 0 Å². The molecule has 6 heteroatoms. The number of hydrogen-bond acceptors (Lipinski definition) is 4. The van der Waals surface area contributed by atoms with Crippen LogP contribution in [0.5, 0.6) is 0 Å². The Balaban J connectivity index is 3.45. The minimum Gasteiger partial charge on any atom is -0.504 e. The average Bonchev–Trinajstić information content (AvgIpc) is 2.39. The molecule has 0 saturated heterocycles. The third-order valence-corrected chi connectivity index (χ3v) is 4.87. The third-order valence-electron chi connectivity index (χ3n) is 3.02. The SMILES string of the molecule is C=CCC/C(O)=C(\[N+]#N)S(=O)(=O)c1cccc(C)c1C. The van der Waals surface area contributed by atoms with Crippen LogP contribution in [-0.4, -0.2) is 13.5 Å². The van der Waals surface area contributed by atoms with E-state index in [0.717, 1.165) is 5.56 Å². The van der Waals surface area contributed by atoms with Crippen LogP contribution in [0, 0.1) is 19.2 Å². The first-order chi connectivity index (χ1) is 9.36. The highest BCUT2D eigenvalue weighted by atomic mass is 32.2. The van der Waals surface area contributed by atoms with Crippen molar-refractivity contribution in [1.82, 2.24) is 0 Å². The van der Waals surface area contributed by atoms with E-state index in [9.17, 15) is 13.5 Å². The van der Waals surface area contributed by atoms with Crippen LogP contribution in [0.2, 0.25) is 0 Å². The first-order valence-corrected chi connectivity index (χ1v) is 7.54. The maximum Gasteiger partial charge on any atom is 0.515 e. The highest BCUT2D eigenvalue weighted by Gasteiger charge is 2.38. The summed E-state index contributed by atoms with van der Waals surface area (Å²) in [5.74, 6) is -0.478. The molecule has 0 saturated carbocycles. The zero-order valence-corrected chi connectivity index (χ0v) is 12.3. The number of hydrogen-bond donors (Lipinski definition) is 1. The van der Waals surface area contributed by atoms with Crippen molar-refractivity contribution in [2.45, 2.75) is 31.6 Å². The molecule has 0 unspecified atom stereocenters. The molecule has 1 aromatic rings. The van der Waals surface area contributed by atoms with Gasteiger partial charge in [0.25, 0.3) is 9.84 Å². The average molecular weight is 293 g/mol. The largest absolute Gasteiger partial charge is 0.515 e. The molecule has 0 aromatic heterocycles. The zero-order chi connectivity index (χ0) is 15.3. The highest BCUT2D eigenvalue weighted by molar-refractivity contribution is 7.95. The lowest BCUT2D eigenvalue weighted by atomic mass is 10.1. The minimum absolute atomic E-state index is 0.0236. The van der Waals surface area contributed by atoms with E-state index in [1.807, 2.05) is 0 Å². The van der Waals surface area contributed by atoms with Crippen LogP contribution in [0.25, 0.3) is 4.98 Å². The van der Waals surface area contributed by atoms with Crippen LogP contribution in [0.1, 0.15) is 24.0 Å². The highest BCUT2D eigenvalue weighted by Crippen LogP contribution is 2.27. The minimum atomic E-state index is -4.06. The second-order valence-corrected chi connectivity index (χ2v) is 6.21. The molecular formula is C14H17N2O3S+. The topological polar surface area (TPSA) is 82.5 Å². The van der Waals surface area contributed by atoms with Crippen LogP contribution < -0.4 is 0 Å². The van der Waals surface area contributed by atoms with E-state index < -0.39 is 20.6 Å². The number of aliphatic hydroxyl groups excluding tert-OH is 1. The number of diazo groups is 1. The fraction of sp³-hybridized carbons (Fsp3) is 0.286. The molecule has 0 bridgehead atoms. The van der Waals surface area contributed by atoms with Crippen molar-refractivity contribution in [3.05, 3.63) is 57.7 Å². The molecule has 5 nitrogen and oxygen atoms in total. The maximum absolute atomic E-state index is 12.4. The molecule has 1 rings (SSSR count). The fourth-order valence-electron chi connectivity index (χ4n) is 1.73. The lowest BCUT2D eigenvalue weighted by Gasteiger charge is -2.05. The Morgan fingerprint density at radius 1 is 1.45 bits per heavy atom. The number of nitrogens with zero attached hydrogens (tertiary/aromatic N) is 2. The lowest BCUT2D eigenvalue weighted by molar-refractivity contribution is 0.387. The van der Waals surface area contributed by atoms with Crippen LogP contribution in [0.3, 0.4) is 0 Å². The summed E-state index contributed by atoms with van der Waals surface area (Å²) >= 11 is 0. The summed E-state index contributed by atoms with van der Waals surface area (Å²) in [6.07, 6.45) is 1.97. The van der Waals surface area contributed by atoms with Gasteiger partial charge >= 0.3 is 5.03 Å². The van der Waals surface area contributed by atoms with E-state index in [-0.39, 0.29) is 11.3 Å². The molecule has 1 aromatic carbocycles. The molecule has 0 aliphatic carbocycles. The third kappa shape index (κ3) is 3.06. The van der Waals surface area contributed by atoms with Crippen LogP contribution in [0.15, 0.2) is 46.5 Å². The number of aryl methyl sites for hydroxylation is 1. The summed E-state index contributed by atoms with van der Waals surface area (Å²) in [6, 6.07) is 4.81. The summed E-state index contributed by atoms with van der Waals surface area (Å²) in [5, 5.41) is 18.0. The van der Waals surface area contributed by atoms with Gasteiger partial charge in [0, 0.05) is 6.42 Å². The molecule has 0 heterocycles. The summed E-state index contributed by atoms with van der Waals surface area (Å²) in [4.78, 5) is 2.79. The van der Waals surface area contributed by atoms with Crippen molar-refractivity contribution in [2.75, 3.05) is 0 Å². The van der Waals surface area contributed by atoms with Crippen molar-refractivity contribution >= 4 is 9.84 Å². The van der Waals surface area contributed by atoms with E-state index >= 15 is 0 Å². The Morgan fingerprint density at radius 2 is 2.10 bits per heavy atom. The van der Waals surface area contributed by atoms with Gasteiger partial charge in [-0.15, -0.1) is 6.58 Å². The van der Waals surface area contributed by atoms with Gasteiger partial charge in [0.15, 0.2) is 4.98 Å². The Kier molecular flexibility index (Phi) is 5.06. The molecule has 0 aliphatic heterocycles. The Morgan fingerprint density at radius 3 is 2.65 bits per heavy atom. The van der Waals surface area contributed by atoms with Gasteiger partial charge < -0.3 is 5.11 Å². The van der Waals surface area contributed by atoms with E-state index in [2.05, 4.69) is 11.6 Å². The van der Waals surface area contributed by atoms with Gasteiger partial charge in [-0.3, -0.25) is 0 Å². The maximum atomic E-state index is 12.4. The Hall–Kier alpha value is -2.13. The predicted octanol–water partition coefficient (Wildman–Crippen LogP) is 3.62. The Labute approximate surface area is 118 Å². The number of aliphatic hydroxyl groups is 1. The summed E-state index contributed by atoms with van der Waals surface area (Å²) < 4.78 is 24.9. The second kappa shape index (κ2) is 6.35. The van der Waals surface area contributed by atoms with Crippen LogP contribution in [0.4, 0.5) is 0 Å². The second-order valence-electron chi connectivity index (χ2n) is 4.38. The summed E-state index contributed by atoms with van der Waals surface area (Å²) in [7, 11) is -4.06. The van der Waals surface area contributed by atoms with Crippen molar-refractivity contribution in [2.24, 2.45) is 0 Å². The van der Waals surface area contributed by atoms with E-state index in [1.165, 1.54) is 12.1 Å². The van der Waals surface area contributed by atoms with Gasteiger partial charge in [-0.25, -0.2) is 8.42 Å². The molecule has 0 fully saturated rings. The van der Waals surface area contributed by atoms with Crippen molar-refractivity contribution < 1.29 is 13.5 Å². The molecule has 0 aliphatic rings. The quantitative estimate of drug-likeness (QED) is 0.510. The molecule has 0 amide bonds. The Bertz CT molecular complexity index is 698. The van der Waals surface area contributed by atoms with Gasteiger partial charge in [-0.1, -0.05) is 18.2 Å². The van der Waals surface area contributed by atoms with Gasteiger partial charge in [0.05, 0.1) is 4.90 Å². The molecule has 20 heavy (non-hydrogen) atoms. The zero-order valence-electron chi connectivity index (χ0n) is 11.5. The molecule has 0 spiro atoms. The van der Waals surface area contributed by atoms with E-state index in [0.29, 0.717) is 12.0 Å². The molecule has 106 valence electrons. The number of sulfone groups is 1. The van der Waals surface area contributed by atoms with Gasteiger partial charge in [0.1, 0.15) is 0 Å². The first kappa shape index (κ1) is 15.9. The van der Waals surface area contributed by atoms with Crippen LogP contribution in [-0.2, 0) is 9.84 Å². The lowest BCUT2D eigenvalue weighted by Crippen LogP contribution is -2.08. The fourth-order valence-corrected chi connectivity index (χ4v) is 3.28. The molecule has 0 atom stereocenters. The van der Waals surface area contributed by atoms with E-state index in [4.69, 9.17) is 5.39 Å². The normalized spacial score (nSPS) is 12.4. The molecule has 1 N–H and O–H groups in total. The number of benzene rings is 1. The van der Waals surface area contributed by atoms with Gasteiger partial charge in [-0.2, -0.15) is 0 Å². The number of rotatable bonds is 5. The van der Waals surface area contributed by atoms with Crippen LogP contribution >= 0.6 is 0 Å². The molecule has 0 radical (unpaired) electrons. The van der Waals surface area contributed by atoms with E-state index in [1.54, 1.807) is 26.0 Å². The van der Waals surface area contributed by atoms with Gasteiger partial charge in [-0.05, 0) is 37.5 Å². The smallest absolute Gasteiger partial charge is 0.504 e. The first-order valence-electron chi connectivity index (χ1n) is 6.05. The van der Waals surface area contributed by atoms with Crippen molar-refractivity contribution in [3.63, 3.8) is 0 Å². The molecular weight excluding hydrogens is 276 g/mol. The summed E-state index contributed by atoms with van der Waals surface area (Å²) in [5.41, 5.74) is 1.36. The van der Waals surface area contributed by atoms with Crippen molar-refractivity contribution in [1.29, 1.82) is 5.39 Å². The monoisotopic (exact) mass is 293 g/mol. The standard InChI is InChI=1S/C14H16N2O3S/c1-4-5-8-12(17)14(16-15)20(18,19)13-9-6-7-10(2)11(13)3/h4,6-7,9H,1,5,8H2,2-3H3/p+1/b14-12-.